The van der Waals surface area contributed by atoms with Crippen molar-refractivity contribution in [3.8, 4) is 11.4 Å². The average molecular weight is 466 g/mol. The van der Waals surface area contributed by atoms with Gasteiger partial charge in [-0.25, -0.2) is 14.4 Å². The topological polar surface area (TPSA) is 67.6 Å². The van der Waals surface area contributed by atoms with Gasteiger partial charge in [-0.1, -0.05) is 65.8 Å². The Hall–Kier alpha value is -3.06. The van der Waals surface area contributed by atoms with Crippen LogP contribution in [0.5, 0.6) is 5.75 Å². The Bertz CT molecular complexity index is 1130. The summed E-state index contributed by atoms with van der Waals surface area (Å²) in [4.78, 5) is 13.6. The molecular weight excluding hydrogens is 430 g/mol. The summed E-state index contributed by atoms with van der Waals surface area (Å²) in [5.41, 5.74) is 1.85. The number of carbonyl (C=O) groups is 1. The molecule has 1 aromatic heterocycles. The summed E-state index contributed by atoms with van der Waals surface area (Å²) >= 11 is 0. The van der Waals surface area contributed by atoms with E-state index in [1.165, 1.54) is 4.90 Å². The monoisotopic (exact) mass is 465 g/mol. The van der Waals surface area contributed by atoms with E-state index in [1.54, 1.807) is 16.8 Å². The van der Waals surface area contributed by atoms with Crippen LogP contribution in [-0.2, 0) is 5.41 Å². The maximum absolute atomic E-state index is 12.4. The van der Waals surface area contributed by atoms with Crippen molar-refractivity contribution in [2.45, 2.75) is 65.1 Å². The Kier molecular flexibility index (Phi) is 6.48. The van der Waals surface area contributed by atoms with E-state index in [1.807, 2.05) is 48.5 Å². The molecule has 0 aliphatic rings. The zero-order chi connectivity index (χ0) is 24.6. The van der Waals surface area contributed by atoms with Gasteiger partial charge in [-0.3, -0.25) is 0 Å². The fourth-order valence-electron chi connectivity index (χ4n) is 3.13. The molecule has 0 unspecified atom stereocenters. The van der Waals surface area contributed by atoms with Gasteiger partial charge < -0.3 is 9.53 Å². The van der Waals surface area contributed by atoms with Crippen LogP contribution in [0.4, 0.5) is 16.3 Å². The van der Waals surface area contributed by atoms with Crippen LogP contribution in [0.1, 0.15) is 47.2 Å². The zero-order valence-electron chi connectivity index (χ0n) is 20.9. The number of para-hydroxylation sites is 1. The van der Waals surface area contributed by atoms with Crippen LogP contribution in [0.2, 0.25) is 18.1 Å². The van der Waals surface area contributed by atoms with Crippen molar-refractivity contribution in [3.05, 3.63) is 66.4 Å². The van der Waals surface area contributed by atoms with Crippen molar-refractivity contribution in [2.75, 3.05) is 4.90 Å². The van der Waals surface area contributed by atoms with E-state index in [0.29, 0.717) is 11.5 Å². The number of hydrogen-bond acceptors (Lipinski definition) is 3. The van der Waals surface area contributed by atoms with Crippen LogP contribution >= 0.6 is 0 Å². The predicted molar refractivity (Wildman–Crippen MR) is 137 cm³/mol. The summed E-state index contributed by atoms with van der Waals surface area (Å²) < 4.78 is 8.20. The number of aromatic nitrogens is 2. The minimum Gasteiger partial charge on any atom is -0.543 e. The first-order valence-corrected chi connectivity index (χ1v) is 14.1. The van der Waals surface area contributed by atoms with Gasteiger partial charge in [0.05, 0.1) is 17.1 Å². The molecule has 1 N–H and O–H groups in total. The quantitative estimate of drug-likeness (QED) is 0.399. The first kappa shape index (κ1) is 24.6. The highest BCUT2D eigenvalue weighted by Gasteiger charge is 2.39. The Morgan fingerprint density at radius 1 is 0.970 bits per heavy atom. The fraction of sp³-hybridized carbons (Fsp3) is 0.385. The van der Waals surface area contributed by atoms with Crippen LogP contribution in [0.25, 0.3) is 5.69 Å². The largest absolute Gasteiger partial charge is 0.543 e. The number of hydrogen-bond donors (Lipinski definition) is 1. The minimum absolute atomic E-state index is 0.0622. The van der Waals surface area contributed by atoms with Crippen LogP contribution < -0.4 is 9.33 Å². The first-order valence-electron chi connectivity index (χ1n) is 11.2. The van der Waals surface area contributed by atoms with Crippen LogP contribution in [0.15, 0.2) is 60.7 Å². The molecule has 0 spiro atoms. The second kappa shape index (κ2) is 8.70. The smallest absolute Gasteiger partial charge is 0.417 e. The summed E-state index contributed by atoms with van der Waals surface area (Å²) in [5.74, 6) is 1.22. The molecule has 1 heterocycles. The molecule has 6 nitrogen and oxygen atoms in total. The number of rotatable bonds is 5. The summed E-state index contributed by atoms with van der Waals surface area (Å²) in [6.07, 6.45) is -1.07. The Morgan fingerprint density at radius 2 is 1.61 bits per heavy atom. The van der Waals surface area contributed by atoms with Gasteiger partial charge >= 0.3 is 6.09 Å². The van der Waals surface area contributed by atoms with Gasteiger partial charge in [-0.15, -0.1) is 0 Å². The third-order valence-electron chi connectivity index (χ3n) is 6.14. The molecule has 3 rings (SSSR count). The van der Waals surface area contributed by atoms with Gasteiger partial charge in [0.1, 0.15) is 11.6 Å². The third kappa shape index (κ3) is 5.30. The second-order valence-corrected chi connectivity index (χ2v) is 15.6. The number of nitrogens with zero attached hydrogens (tertiary/aromatic N) is 3. The molecule has 0 aliphatic heterocycles. The lowest BCUT2D eigenvalue weighted by atomic mass is 9.92. The van der Waals surface area contributed by atoms with E-state index in [-0.39, 0.29) is 10.5 Å². The van der Waals surface area contributed by atoms with Crippen molar-refractivity contribution in [1.82, 2.24) is 9.78 Å². The first-order chi connectivity index (χ1) is 15.2. The highest BCUT2D eigenvalue weighted by Crippen LogP contribution is 2.38. The molecular formula is C26H35N3O3Si. The lowest BCUT2D eigenvalue weighted by Crippen LogP contribution is -2.43. The second-order valence-electron chi connectivity index (χ2n) is 10.9. The van der Waals surface area contributed by atoms with Gasteiger partial charge in [-0.2, -0.15) is 5.10 Å². The zero-order valence-corrected chi connectivity index (χ0v) is 21.9. The molecule has 2 aromatic carbocycles. The highest BCUT2D eigenvalue weighted by molar-refractivity contribution is 6.74. The maximum atomic E-state index is 12.4. The molecule has 0 saturated carbocycles. The third-order valence-corrected chi connectivity index (χ3v) is 10.5. The van der Waals surface area contributed by atoms with Crippen molar-refractivity contribution >= 4 is 25.9 Å². The molecule has 0 aliphatic carbocycles. The fourth-order valence-corrected chi connectivity index (χ4v) is 4.15. The van der Waals surface area contributed by atoms with Crippen LogP contribution in [0, 0.1) is 0 Å². The molecule has 7 heteroatoms. The lowest BCUT2D eigenvalue weighted by molar-refractivity contribution is 0.204. The van der Waals surface area contributed by atoms with Crippen molar-refractivity contribution in [3.63, 3.8) is 0 Å². The molecule has 3 aromatic rings. The summed E-state index contributed by atoms with van der Waals surface area (Å²) in [7, 11) is -2.03. The summed E-state index contributed by atoms with van der Waals surface area (Å²) in [6.45, 7) is 17.2. The predicted octanol–water partition coefficient (Wildman–Crippen LogP) is 7.37. The van der Waals surface area contributed by atoms with E-state index in [2.05, 4.69) is 54.6 Å². The molecule has 33 heavy (non-hydrogen) atoms. The van der Waals surface area contributed by atoms with Crippen LogP contribution in [-0.4, -0.2) is 29.3 Å². The molecule has 176 valence electrons. The van der Waals surface area contributed by atoms with E-state index in [9.17, 15) is 9.90 Å². The van der Waals surface area contributed by atoms with Crippen molar-refractivity contribution < 1.29 is 14.3 Å². The summed E-state index contributed by atoms with van der Waals surface area (Å²) in [6, 6.07) is 18.7. The highest BCUT2D eigenvalue weighted by atomic mass is 28.4. The van der Waals surface area contributed by atoms with E-state index in [4.69, 9.17) is 9.52 Å². The van der Waals surface area contributed by atoms with Gasteiger partial charge in [0, 0.05) is 17.5 Å². The standard InChI is InChI=1S/C26H35N3O3Si/c1-25(2,3)22-18-23(28(24(30)31)19-13-10-9-11-14-19)29(27-22)20-15-12-16-21(17-20)32-33(7,8)26(4,5)6/h9-18H,1-8H3,(H,30,31). The van der Waals surface area contributed by atoms with Crippen LogP contribution in [0.3, 0.4) is 0 Å². The summed E-state index contributed by atoms with van der Waals surface area (Å²) in [5, 5.41) is 15.0. The van der Waals surface area contributed by atoms with Crippen molar-refractivity contribution in [1.29, 1.82) is 0 Å². The Morgan fingerprint density at radius 3 is 2.15 bits per heavy atom. The molecule has 0 bridgehead atoms. The number of carboxylic acid groups (broad SMARTS) is 1. The van der Waals surface area contributed by atoms with Gasteiger partial charge in [-0.05, 0) is 42.4 Å². The van der Waals surface area contributed by atoms with Gasteiger partial charge in [0.2, 0.25) is 8.32 Å². The van der Waals surface area contributed by atoms with E-state index >= 15 is 0 Å². The van der Waals surface area contributed by atoms with Crippen molar-refractivity contribution in [2.24, 2.45) is 0 Å². The lowest BCUT2D eigenvalue weighted by Gasteiger charge is -2.36. The van der Waals surface area contributed by atoms with Gasteiger partial charge in [0.15, 0.2) is 0 Å². The SMILES string of the molecule is CC(C)(C)c1cc(N(C(=O)O)c2ccccc2)n(-c2cccc(O[Si](C)(C)C(C)(C)C)c2)n1. The number of anilines is 2. The molecule has 0 fully saturated rings. The van der Waals surface area contributed by atoms with E-state index in [0.717, 1.165) is 17.1 Å². The maximum Gasteiger partial charge on any atom is 0.417 e. The molecule has 1 amide bonds. The molecule has 0 saturated heterocycles. The normalized spacial score (nSPS) is 12.5. The van der Waals surface area contributed by atoms with Gasteiger partial charge in [0.25, 0.3) is 0 Å². The van der Waals surface area contributed by atoms with E-state index < -0.39 is 14.4 Å². The Labute approximate surface area is 198 Å². The number of benzene rings is 2. The number of amides is 1. The molecule has 0 atom stereocenters. The minimum atomic E-state index is -2.03. The molecule has 0 radical (unpaired) electrons. The Balaban J connectivity index is 2.16. The average Bonchev–Trinajstić information content (AvgIpc) is 3.13.